The van der Waals surface area contributed by atoms with Crippen molar-refractivity contribution in [1.82, 2.24) is 19.9 Å². The largest absolute Gasteiger partial charge is 0.449 e. The van der Waals surface area contributed by atoms with Gasteiger partial charge in [0.25, 0.3) is 5.91 Å². The number of nitrogens with one attached hydrogen (secondary N) is 1. The SMILES string of the molecule is CC(NC(=O)c1ccc(F)cc1)c1ccc2c(n1)CCCN2C(=O)OCCCn1ccnc1. The van der Waals surface area contributed by atoms with Gasteiger partial charge in [0, 0.05) is 31.0 Å². The zero-order valence-corrected chi connectivity index (χ0v) is 18.4. The summed E-state index contributed by atoms with van der Waals surface area (Å²) in [6.07, 6.45) is 7.16. The Hall–Kier alpha value is -3.75. The molecule has 3 heterocycles. The van der Waals surface area contributed by atoms with Gasteiger partial charge in [0.2, 0.25) is 0 Å². The molecule has 1 unspecified atom stereocenters. The lowest BCUT2D eigenvalue weighted by Gasteiger charge is -2.29. The maximum absolute atomic E-state index is 13.1. The summed E-state index contributed by atoms with van der Waals surface area (Å²) in [5.41, 5.74) is 2.61. The van der Waals surface area contributed by atoms with Crippen molar-refractivity contribution >= 4 is 17.7 Å². The predicted molar refractivity (Wildman–Crippen MR) is 120 cm³/mol. The third kappa shape index (κ3) is 5.54. The Kier molecular flexibility index (Phi) is 6.97. The van der Waals surface area contributed by atoms with Gasteiger partial charge >= 0.3 is 6.09 Å². The average molecular weight is 452 g/mol. The topological polar surface area (TPSA) is 89.4 Å². The highest BCUT2D eigenvalue weighted by molar-refractivity contribution is 5.94. The average Bonchev–Trinajstić information content (AvgIpc) is 3.35. The minimum atomic E-state index is -0.391. The van der Waals surface area contributed by atoms with Crippen LogP contribution < -0.4 is 10.2 Å². The van der Waals surface area contributed by atoms with Crippen molar-refractivity contribution in [3.05, 3.63) is 77.9 Å². The number of anilines is 1. The Morgan fingerprint density at radius 1 is 1.21 bits per heavy atom. The van der Waals surface area contributed by atoms with Crippen molar-refractivity contribution in [1.29, 1.82) is 0 Å². The van der Waals surface area contributed by atoms with Gasteiger partial charge in [-0.1, -0.05) is 0 Å². The zero-order valence-electron chi connectivity index (χ0n) is 18.4. The van der Waals surface area contributed by atoms with Crippen LogP contribution in [0.5, 0.6) is 0 Å². The van der Waals surface area contributed by atoms with Crippen LogP contribution in [0.15, 0.2) is 55.1 Å². The van der Waals surface area contributed by atoms with Gasteiger partial charge in [-0.15, -0.1) is 0 Å². The fraction of sp³-hybridized carbons (Fsp3) is 0.333. The summed E-state index contributed by atoms with van der Waals surface area (Å²) in [6, 6.07) is 8.69. The molecule has 3 aromatic rings. The van der Waals surface area contributed by atoms with E-state index in [1.807, 2.05) is 23.8 Å². The standard InChI is InChI=1S/C24H26FN5O3/c1-17(27-23(31)18-5-7-19(25)8-6-18)20-9-10-22-21(28-20)4-2-13-30(22)24(32)33-15-3-12-29-14-11-26-16-29/h5-11,14,16-17H,2-4,12-13,15H2,1H3,(H,27,31). The molecule has 0 saturated carbocycles. The minimum Gasteiger partial charge on any atom is -0.449 e. The maximum Gasteiger partial charge on any atom is 0.414 e. The first-order valence-electron chi connectivity index (χ1n) is 11.0. The van der Waals surface area contributed by atoms with Crippen molar-refractivity contribution in [2.45, 2.75) is 38.8 Å². The van der Waals surface area contributed by atoms with E-state index in [4.69, 9.17) is 9.72 Å². The number of halogens is 1. The fourth-order valence-corrected chi connectivity index (χ4v) is 3.76. The molecule has 2 amide bonds. The highest BCUT2D eigenvalue weighted by Gasteiger charge is 2.25. The highest BCUT2D eigenvalue weighted by Crippen LogP contribution is 2.28. The van der Waals surface area contributed by atoms with Gasteiger partial charge in [-0.05, 0) is 62.6 Å². The second kappa shape index (κ2) is 10.2. The third-order valence-corrected chi connectivity index (χ3v) is 5.52. The molecule has 9 heteroatoms. The number of benzene rings is 1. The van der Waals surface area contributed by atoms with E-state index in [0.717, 1.165) is 30.8 Å². The second-order valence-electron chi connectivity index (χ2n) is 7.93. The lowest BCUT2D eigenvalue weighted by atomic mass is 10.1. The number of aryl methyl sites for hydroxylation is 2. The summed E-state index contributed by atoms with van der Waals surface area (Å²) in [5, 5.41) is 2.88. The molecule has 172 valence electrons. The normalized spacial score (nSPS) is 13.8. The Morgan fingerprint density at radius 2 is 2.03 bits per heavy atom. The maximum atomic E-state index is 13.1. The molecule has 8 nitrogen and oxygen atoms in total. The van der Waals surface area contributed by atoms with Gasteiger partial charge in [0.05, 0.1) is 36.1 Å². The molecular weight excluding hydrogens is 425 g/mol. The number of nitrogens with zero attached hydrogens (tertiary/aromatic N) is 4. The number of pyridine rings is 1. The minimum absolute atomic E-state index is 0.303. The number of carbonyl (C=O) groups is 2. The molecule has 1 aromatic carbocycles. The van der Waals surface area contributed by atoms with Crippen LogP contribution in [0.1, 0.15) is 47.6 Å². The van der Waals surface area contributed by atoms with E-state index in [0.29, 0.717) is 30.8 Å². The molecule has 1 aliphatic rings. The summed E-state index contributed by atoms with van der Waals surface area (Å²) in [7, 11) is 0. The van der Waals surface area contributed by atoms with Crippen LogP contribution >= 0.6 is 0 Å². The predicted octanol–water partition coefficient (Wildman–Crippen LogP) is 3.89. The molecule has 0 aliphatic carbocycles. The summed E-state index contributed by atoms with van der Waals surface area (Å²) >= 11 is 0. The lowest BCUT2D eigenvalue weighted by Crippen LogP contribution is -2.37. The lowest BCUT2D eigenvalue weighted by molar-refractivity contribution is 0.0939. The van der Waals surface area contributed by atoms with E-state index in [-0.39, 0.29) is 18.0 Å². The van der Waals surface area contributed by atoms with E-state index >= 15 is 0 Å². The van der Waals surface area contributed by atoms with Gasteiger partial charge in [-0.2, -0.15) is 0 Å². The summed E-state index contributed by atoms with van der Waals surface area (Å²) in [6.45, 7) is 3.47. The number of hydrogen-bond donors (Lipinski definition) is 1. The Bertz CT molecular complexity index is 1100. The quantitative estimate of drug-likeness (QED) is 0.551. The van der Waals surface area contributed by atoms with Gasteiger partial charge in [0.15, 0.2) is 0 Å². The number of carbonyl (C=O) groups excluding carboxylic acids is 2. The highest BCUT2D eigenvalue weighted by atomic mass is 19.1. The Balaban J connectivity index is 1.36. The number of hydrogen-bond acceptors (Lipinski definition) is 5. The first kappa shape index (κ1) is 22.4. The molecule has 0 radical (unpaired) electrons. The summed E-state index contributed by atoms with van der Waals surface area (Å²) in [5.74, 6) is -0.694. The first-order chi connectivity index (χ1) is 16.0. The zero-order chi connectivity index (χ0) is 23.2. The van der Waals surface area contributed by atoms with Crippen LogP contribution in [0, 0.1) is 5.82 Å². The van der Waals surface area contributed by atoms with Gasteiger partial charge in [0.1, 0.15) is 5.82 Å². The van der Waals surface area contributed by atoms with Crippen molar-refractivity contribution < 1.29 is 18.7 Å². The monoisotopic (exact) mass is 451 g/mol. The Labute approximate surface area is 191 Å². The molecule has 1 N–H and O–H groups in total. The molecule has 33 heavy (non-hydrogen) atoms. The van der Waals surface area contributed by atoms with E-state index in [1.165, 1.54) is 24.3 Å². The van der Waals surface area contributed by atoms with E-state index < -0.39 is 5.82 Å². The molecular formula is C24H26FN5O3. The Morgan fingerprint density at radius 3 is 2.79 bits per heavy atom. The fourth-order valence-electron chi connectivity index (χ4n) is 3.76. The van der Waals surface area contributed by atoms with Crippen molar-refractivity contribution in [3.8, 4) is 0 Å². The van der Waals surface area contributed by atoms with Crippen LogP contribution in [-0.4, -0.2) is 39.7 Å². The number of amides is 2. The van der Waals surface area contributed by atoms with Crippen LogP contribution in [0.3, 0.4) is 0 Å². The van der Waals surface area contributed by atoms with Crippen LogP contribution in [0.2, 0.25) is 0 Å². The molecule has 0 spiro atoms. The van der Waals surface area contributed by atoms with Crippen LogP contribution in [-0.2, 0) is 17.7 Å². The van der Waals surface area contributed by atoms with Gasteiger partial charge in [-0.3, -0.25) is 14.7 Å². The summed E-state index contributed by atoms with van der Waals surface area (Å²) < 4.78 is 20.5. The molecule has 0 bridgehead atoms. The molecule has 4 rings (SSSR count). The number of ether oxygens (including phenoxy) is 1. The van der Waals surface area contributed by atoms with Crippen molar-refractivity contribution in [2.75, 3.05) is 18.1 Å². The van der Waals surface area contributed by atoms with Gasteiger partial charge < -0.3 is 14.6 Å². The first-order valence-corrected chi connectivity index (χ1v) is 11.0. The molecule has 1 atom stereocenters. The number of aromatic nitrogens is 3. The molecule has 2 aromatic heterocycles. The van der Waals surface area contributed by atoms with Crippen molar-refractivity contribution in [3.63, 3.8) is 0 Å². The smallest absolute Gasteiger partial charge is 0.414 e. The molecule has 0 fully saturated rings. The van der Waals surface area contributed by atoms with E-state index in [9.17, 15) is 14.0 Å². The second-order valence-corrected chi connectivity index (χ2v) is 7.93. The number of rotatable bonds is 7. The van der Waals surface area contributed by atoms with E-state index in [1.54, 1.807) is 23.5 Å². The van der Waals surface area contributed by atoms with E-state index in [2.05, 4.69) is 10.3 Å². The van der Waals surface area contributed by atoms with Crippen molar-refractivity contribution in [2.24, 2.45) is 0 Å². The number of imidazole rings is 1. The molecule has 0 saturated heterocycles. The molecule has 1 aliphatic heterocycles. The van der Waals surface area contributed by atoms with Crippen LogP contribution in [0.4, 0.5) is 14.9 Å². The number of fused-ring (bicyclic) bond motifs is 1. The van der Waals surface area contributed by atoms with Gasteiger partial charge in [-0.25, -0.2) is 14.2 Å². The summed E-state index contributed by atoms with van der Waals surface area (Å²) in [4.78, 5) is 35.4. The third-order valence-electron chi connectivity index (χ3n) is 5.52. The van der Waals surface area contributed by atoms with Crippen LogP contribution in [0.25, 0.3) is 0 Å².